The highest BCUT2D eigenvalue weighted by Gasteiger charge is 2.59. The Balaban J connectivity index is 1.30. The monoisotopic (exact) mass is 630 g/mol. The van der Waals surface area contributed by atoms with Gasteiger partial charge in [-0.25, -0.2) is 0 Å². The summed E-state index contributed by atoms with van der Waals surface area (Å²) in [5.74, 6) is 0.580. The van der Waals surface area contributed by atoms with E-state index in [1.165, 1.54) is 7.11 Å². The Morgan fingerprint density at radius 1 is 1.04 bits per heavy atom. The Labute approximate surface area is 267 Å². The third-order valence-corrected chi connectivity index (χ3v) is 8.76. The van der Waals surface area contributed by atoms with Crippen molar-refractivity contribution in [3.8, 4) is 11.5 Å². The number of nitrogens with zero attached hydrogens (tertiary/aromatic N) is 1. The van der Waals surface area contributed by atoms with E-state index < -0.39 is 29.5 Å². The van der Waals surface area contributed by atoms with Gasteiger partial charge >= 0.3 is 5.97 Å². The molecule has 4 atom stereocenters. The Hall–Kier alpha value is -4.61. The van der Waals surface area contributed by atoms with Crippen LogP contribution in [0.5, 0.6) is 11.5 Å². The summed E-state index contributed by atoms with van der Waals surface area (Å²) in [7, 11) is 1.32. The van der Waals surface area contributed by atoms with Crippen molar-refractivity contribution in [2.75, 3.05) is 20.5 Å². The minimum Gasteiger partial charge on any atom is -0.468 e. The molecule has 1 fully saturated rings. The van der Waals surface area contributed by atoms with Crippen molar-refractivity contribution in [3.05, 3.63) is 95.1 Å². The molecule has 2 aromatic carbocycles. The second kappa shape index (κ2) is 13.4. The van der Waals surface area contributed by atoms with Gasteiger partial charge in [0.2, 0.25) is 18.6 Å². The second-order valence-electron chi connectivity index (χ2n) is 11.8. The van der Waals surface area contributed by atoms with Crippen LogP contribution < -0.4 is 14.8 Å². The lowest BCUT2D eigenvalue weighted by atomic mass is 9.66. The molecular weight excluding hydrogens is 592 g/mol. The van der Waals surface area contributed by atoms with Crippen LogP contribution in [0.3, 0.4) is 0 Å². The third-order valence-electron chi connectivity index (χ3n) is 8.76. The standard InChI is InChI=1S/C35H38N2O9/c1-22-9-11-27(45-22)17-36-32(38)14-26-16-35(34(40)41-3)23(2)46-28(20-42-19-24-7-5-4-6-8-24)15-31(35)37(33(26)39)18-25-10-12-29-30(13-25)44-21-43-29/h4-13,15,23,26,28H,14,16-21H2,1-3H3,(H,36,38)/t23-,26+,28-,35+/m1/s1. The smallest absolute Gasteiger partial charge is 0.320 e. The highest BCUT2D eigenvalue weighted by molar-refractivity contribution is 5.92. The molecule has 3 aromatic rings. The Kier molecular flexibility index (Phi) is 9.14. The van der Waals surface area contributed by atoms with Crippen LogP contribution in [0, 0.1) is 18.3 Å². The lowest BCUT2D eigenvalue weighted by Crippen LogP contribution is -2.60. The molecule has 242 valence electrons. The van der Waals surface area contributed by atoms with Crippen molar-refractivity contribution in [2.45, 2.75) is 58.6 Å². The molecule has 1 saturated heterocycles. The van der Waals surface area contributed by atoms with Crippen molar-refractivity contribution in [3.63, 3.8) is 0 Å². The van der Waals surface area contributed by atoms with E-state index in [0.29, 0.717) is 29.6 Å². The summed E-state index contributed by atoms with van der Waals surface area (Å²) in [5, 5.41) is 2.84. The number of nitrogens with one attached hydrogen (secondary N) is 1. The molecule has 11 heteroatoms. The van der Waals surface area contributed by atoms with Gasteiger partial charge in [0.05, 0.1) is 39.5 Å². The molecule has 3 aliphatic rings. The number of likely N-dealkylation sites (tertiary alicyclic amines) is 1. The molecule has 46 heavy (non-hydrogen) atoms. The van der Waals surface area contributed by atoms with Crippen molar-refractivity contribution in [2.24, 2.45) is 11.3 Å². The highest BCUT2D eigenvalue weighted by atomic mass is 16.7. The molecule has 1 aromatic heterocycles. The van der Waals surface area contributed by atoms with Crippen LogP contribution in [-0.2, 0) is 48.3 Å². The van der Waals surface area contributed by atoms with Crippen LogP contribution in [0.25, 0.3) is 0 Å². The Morgan fingerprint density at radius 2 is 1.85 bits per heavy atom. The van der Waals surface area contributed by atoms with Gasteiger partial charge in [-0.15, -0.1) is 0 Å². The number of methoxy groups -OCH3 is 1. The summed E-state index contributed by atoms with van der Waals surface area (Å²) in [5.41, 5.74) is 0.935. The number of amides is 2. The largest absolute Gasteiger partial charge is 0.468 e. The zero-order valence-corrected chi connectivity index (χ0v) is 26.2. The van der Waals surface area contributed by atoms with Crippen LogP contribution in [0.15, 0.2) is 76.9 Å². The first kappa shape index (κ1) is 31.4. The summed E-state index contributed by atoms with van der Waals surface area (Å²) in [6.07, 6.45) is 0.499. The average Bonchev–Trinajstić information content (AvgIpc) is 3.71. The summed E-state index contributed by atoms with van der Waals surface area (Å²) < 4.78 is 34.4. The number of carbonyl (C=O) groups excluding carboxylic acids is 3. The molecule has 2 amide bonds. The molecule has 0 bridgehead atoms. The van der Waals surface area contributed by atoms with Gasteiger partial charge in [-0.1, -0.05) is 36.4 Å². The van der Waals surface area contributed by atoms with E-state index in [1.54, 1.807) is 30.0 Å². The van der Waals surface area contributed by atoms with Gasteiger partial charge in [0.15, 0.2) is 11.5 Å². The molecule has 0 aliphatic carbocycles. The SMILES string of the molecule is COC(=O)[C@]12C[C@H](CC(=O)NCc3ccc(C)o3)C(=O)N(Cc3ccc4c(c3)OCO4)C1=C[C@H](COCc1ccccc1)O[C@@H]2C. The van der Waals surface area contributed by atoms with Gasteiger partial charge in [-0.05, 0) is 61.7 Å². The number of carbonyl (C=O) groups is 3. The maximum Gasteiger partial charge on any atom is 0.320 e. The zero-order valence-electron chi connectivity index (χ0n) is 26.2. The van der Waals surface area contributed by atoms with Crippen molar-refractivity contribution < 1.29 is 42.5 Å². The maximum absolute atomic E-state index is 14.3. The molecule has 0 saturated carbocycles. The fraction of sp³-hybridized carbons (Fsp3) is 0.400. The maximum atomic E-state index is 14.3. The first-order valence-corrected chi connectivity index (χ1v) is 15.4. The number of piperidine rings is 1. The topological polar surface area (TPSA) is 126 Å². The first-order valence-electron chi connectivity index (χ1n) is 15.4. The van der Waals surface area contributed by atoms with E-state index in [9.17, 15) is 14.4 Å². The first-order chi connectivity index (χ1) is 22.3. The van der Waals surface area contributed by atoms with Crippen molar-refractivity contribution in [1.29, 1.82) is 0 Å². The molecule has 0 unspecified atom stereocenters. The summed E-state index contributed by atoms with van der Waals surface area (Å²) >= 11 is 0. The minimum atomic E-state index is -1.34. The number of fused-ring (bicyclic) bond motifs is 2. The number of rotatable bonds is 11. The number of benzene rings is 2. The van der Waals surface area contributed by atoms with E-state index >= 15 is 0 Å². The predicted octanol–water partition coefficient (Wildman–Crippen LogP) is 4.42. The number of hydrogen-bond acceptors (Lipinski definition) is 9. The molecular formula is C35H38N2O9. The molecule has 11 nitrogen and oxygen atoms in total. The number of esters is 1. The van der Waals surface area contributed by atoms with Gasteiger partial charge in [-0.2, -0.15) is 0 Å². The third kappa shape index (κ3) is 6.38. The molecule has 3 aliphatic heterocycles. The van der Waals surface area contributed by atoms with Crippen molar-refractivity contribution >= 4 is 17.8 Å². The molecule has 4 heterocycles. The van der Waals surface area contributed by atoms with E-state index in [0.717, 1.165) is 16.9 Å². The highest BCUT2D eigenvalue weighted by Crippen LogP contribution is 2.51. The van der Waals surface area contributed by atoms with Gasteiger partial charge in [0, 0.05) is 18.0 Å². The normalized spacial score (nSPS) is 23.5. The second-order valence-corrected chi connectivity index (χ2v) is 11.8. The van der Waals surface area contributed by atoms with E-state index in [-0.39, 0.29) is 51.1 Å². The van der Waals surface area contributed by atoms with Crippen LogP contribution in [0.1, 0.15) is 42.4 Å². The summed E-state index contributed by atoms with van der Waals surface area (Å²) in [4.78, 5) is 42.8. The lowest BCUT2D eigenvalue weighted by molar-refractivity contribution is -0.178. The number of hydrogen-bond donors (Lipinski definition) is 1. The fourth-order valence-corrected chi connectivity index (χ4v) is 6.46. The lowest BCUT2D eigenvalue weighted by Gasteiger charge is -2.51. The Bertz CT molecular complexity index is 1620. The number of ether oxygens (including phenoxy) is 5. The average molecular weight is 631 g/mol. The van der Waals surface area contributed by atoms with Gasteiger partial charge in [0.25, 0.3) is 0 Å². The van der Waals surface area contributed by atoms with E-state index in [2.05, 4.69) is 5.32 Å². The molecule has 0 spiro atoms. The zero-order chi connectivity index (χ0) is 32.3. The number of furan rings is 1. The van der Waals surface area contributed by atoms with E-state index in [1.807, 2.05) is 55.5 Å². The Morgan fingerprint density at radius 3 is 2.61 bits per heavy atom. The molecule has 6 rings (SSSR count). The van der Waals surface area contributed by atoms with Crippen LogP contribution in [-0.4, -0.2) is 55.4 Å². The van der Waals surface area contributed by atoms with Gasteiger partial charge in [-0.3, -0.25) is 14.4 Å². The summed E-state index contributed by atoms with van der Waals surface area (Å²) in [6, 6.07) is 18.9. The van der Waals surface area contributed by atoms with Gasteiger partial charge < -0.3 is 38.3 Å². The molecule has 0 radical (unpaired) electrons. The van der Waals surface area contributed by atoms with Gasteiger partial charge in [0.1, 0.15) is 23.0 Å². The summed E-state index contributed by atoms with van der Waals surface area (Å²) in [6.45, 7) is 4.66. The quantitative estimate of drug-likeness (QED) is 0.307. The number of aryl methyl sites for hydroxylation is 1. The van der Waals surface area contributed by atoms with Crippen molar-refractivity contribution in [1.82, 2.24) is 10.2 Å². The predicted molar refractivity (Wildman–Crippen MR) is 164 cm³/mol. The van der Waals surface area contributed by atoms with Crippen LogP contribution in [0.2, 0.25) is 0 Å². The molecule has 1 N–H and O–H groups in total. The fourth-order valence-electron chi connectivity index (χ4n) is 6.46. The van der Waals surface area contributed by atoms with Crippen LogP contribution >= 0.6 is 0 Å². The van der Waals surface area contributed by atoms with Crippen LogP contribution in [0.4, 0.5) is 0 Å². The minimum absolute atomic E-state index is 0.0496. The van der Waals surface area contributed by atoms with E-state index in [4.69, 9.17) is 28.1 Å².